The number of allylic oxidation sites excluding steroid dienone is 1. The van der Waals surface area contributed by atoms with Gasteiger partial charge in [0.15, 0.2) is 0 Å². The molecule has 0 aromatic heterocycles. The first-order valence-electron chi connectivity index (χ1n) is 5.79. The molecule has 1 aromatic rings. The Bertz CT molecular complexity index is 573. The van der Waals surface area contributed by atoms with E-state index in [-0.39, 0.29) is 10.8 Å². The SMILES string of the molecule is Cc1ccc(S(=O)(=O)NC(=O)C2C=CCC2)cc1. The second-order valence-corrected chi connectivity index (χ2v) is 6.08. The van der Waals surface area contributed by atoms with E-state index in [4.69, 9.17) is 0 Å². The van der Waals surface area contributed by atoms with Crippen molar-refractivity contribution in [1.82, 2.24) is 4.72 Å². The molecule has 18 heavy (non-hydrogen) atoms. The van der Waals surface area contributed by atoms with Crippen molar-refractivity contribution in [3.8, 4) is 0 Å². The van der Waals surface area contributed by atoms with Gasteiger partial charge in [-0.25, -0.2) is 13.1 Å². The number of hydrogen-bond acceptors (Lipinski definition) is 3. The van der Waals surface area contributed by atoms with E-state index in [0.717, 1.165) is 12.0 Å². The lowest BCUT2D eigenvalue weighted by atomic mass is 10.1. The lowest BCUT2D eigenvalue weighted by Gasteiger charge is -2.10. The Morgan fingerprint density at radius 1 is 1.28 bits per heavy atom. The molecule has 1 N–H and O–H groups in total. The van der Waals surface area contributed by atoms with Gasteiger partial charge in [0.1, 0.15) is 0 Å². The summed E-state index contributed by atoms with van der Waals surface area (Å²) in [6.45, 7) is 1.87. The van der Waals surface area contributed by atoms with Crippen molar-refractivity contribution < 1.29 is 13.2 Å². The van der Waals surface area contributed by atoms with Crippen LogP contribution in [0.2, 0.25) is 0 Å². The minimum atomic E-state index is -3.75. The average molecular weight is 265 g/mol. The Morgan fingerprint density at radius 3 is 2.50 bits per heavy atom. The molecule has 2 rings (SSSR count). The van der Waals surface area contributed by atoms with E-state index in [1.165, 1.54) is 12.1 Å². The van der Waals surface area contributed by atoms with Crippen LogP contribution in [-0.2, 0) is 14.8 Å². The Balaban J connectivity index is 2.14. The van der Waals surface area contributed by atoms with Gasteiger partial charge in [0, 0.05) is 0 Å². The zero-order valence-corrected chi connectivity index (χ0v) is 10.9. The number of aryl methyl sites for hydroxylation is 1. The zero-order valence-electron chi connectivity index (χ0n) is 10.1. The van der Waals surface area contributed by atoms with Crippen molar-refractivity contribution in [3.63, 3.8) is 0 Å². The molecule has 1 aromatic carbocycles. The van der Waals surface area contributed by atoms with Crippen LogP contribution in [0.1, 0.15) is 18.4 Å². The van der Waals surface area contributed by atoms with Crippen molar-refractivity contribution in [2.45, 2.75) is 24.7 Å². The summed E-state index contributed by atoms with van der Waals surface area (Å²) in [5.41, 5.74) is 0.971. The summed E-state index contributed by atoms with van der Waals surface area (Å²) in [7, 11) is -3.75. The molecule has 4 nitrogen and oxygen atoms in total. The second-order valence-electron chi connectivity index (χ2n) is 4.39. The second kappa shape index (κ2) is 4.94. The number of carbonyl (C=O) groups excluding carboxylic acids is 1. The number of hydrogen-bond donors (Lipinski definition) is 1. The van der Waals surface area contributed by atoms with Gasteiger partial charge in [0.05, 0.1) is 10.8 Å². The first-order valence-corrected chi connectivity index (χ1v) is 7.27. The van der Waals surface area contributed by atoms with Gasteiger partial charge in [-0.3, -0.25) is 4.79 Å². The largest absolute Gasteiger partial charge is 0.273 e. The molecule has 0 saturated heterocycles. The normalized spacial score (nSPS) is 18.8. The van der Waals surface area contributed by atoms with Crippen LogP contribution in [0, 0.1) is 12.8 Å². The standard InChI is InChI=1S/C13H15NO3S/c1-10-6-8-12(9-7-10)18(16,17)14-13(15)11-4-2-3-5-11/h2,4,6-9,11H,3,5H2,1H3,(H,14,15). The molecule has 1 aliphatic rings. The molecule has 0 aliphatic heterocycles. The molecule has 0 saturated carbocycles. The van der Waals surface area contributed by atoms with E-state index < -0.39 is 15.9 Å². The van der Waals surface area contributed by atoms with Gasteiger partial charge in [-0.15, -0.1) is 0 Å². The van der Waals surface area contributed by atoms with Crippen molar-refractivity contribution in [1.29, 1.82) is 0 Å². The van der Waals surface area contributed by atoms with E-state index in [0.29, 0.717) is 6.42 Å². The monoisotopic (exact) mass is 265 g/mol. The van der Waals surface area contributed by atoms with Crippen LogP contribution in [-0.4, -0.2) is 14.3 Å². The first kappa shape index (κ1) is 12.8. The number of rotatable bonds is 3. The number of carbonyl (C=O) groups is 1. The maximum absolute atomic E-state index is 12.0. The summed E-state index contributed by atoms with van der Waals surface area (Å²) in [6, 6.07) is 6.40. The van der Waals surface area contributed by atoms with Gasteiger partial charge in [-0.2, -0.15) is 0 Å². The zero-order chi connectivity index (χ0) is 13.2. The van der Waals surface area contributed by atoms with E-state index >= 15 is 0 Å². The number of nitrogens with one attached hydrogen (secondary N) is 1. The highest BCUT2D eigenvalue weighted by Gasteiger charge is 2.24. The third kappa shape index (κ3) is 2.79. The average Bonchev–Trinajstić information content (AvgIpc) is 2.82. The topological polar surface area (TPSA) is 63.2 Å². The molecule has 0 spiro atoms. The first-order chi connectivity index (χ1) is 8.49. The summed E-state index contributed by atoms with van der Waals surface area (Å²) >= 11 is 0. The van der Waals surface area contributed by atoms with E-state index in [1.807, 2.05) is 13.0 Å². The van der Waals surface area contributed by atoms with Gasteiger partial charge in [0.2, 0.25) is 5.91 Å². The van der Waals surface area contributed by atoms with Gasteiger partial charge in [-0.05, 0) is 31.9 Å². The lowest BCUT2D eigenvalue weighted by molar-refractivity contribution is -0.121. The predicted octanol–water partition coefficient (Wildman–Crippen LogP) is 1.77. The summed E-state index contributed by atoms with van der Waals surface area (Å²) in [6.07, 6.45) is 5.14. The van der Waals surface area contributed by atoms with Crippen molar-refractivity contribution in [2.24, 2.45) is 5.92 Å². The fourth-order valence-corrected chi connectivity index (χ4v) is 2.86. The lowest BCUT2D eigenvalue weighted by Crippen LogP contribution is -2.34. The van der Waals surface area contributed by atoms with Gasteiger partial charge < -0.3 is 0 Å². The third-order valence-corrected chi connectivity index (χ3v) is 4.28. The molecule has 1 aliphatic carbocycles. The fraction of sp³-hybridized carbons (Fsp3) is 0.308. The molecular formula is C13H15NO3S. The number of amides is 1. The Labute approximate surface area is 107 Å². The molecule has 5 heteroatoms. The molecule has 96 valence electrons. The minimum absolute atomic E-state index is 0.114. The summed E-state index contributed by atoms with van der Waals surface area (Å²) in [5.74, 6) is -0.783. The van der Waals surface area contributed by atoms with E-state index in [1.54, 1.807) is 18.2 Å². The van der Waals surface area contributed by atoms with E-state index in [9.17, 15) is 13.2 Å². The van der Waals surface area contributed by atoms with Crippen LogP contribution in [0.3, 0.4) is 0 Å². The summed E-state index contributed by atoms with van der Waals surface area (Å²) < 4.78 is 26.0. The molecule has 0 fully saturated rings. The Hall–Kier alpha value is -1.62. The van der Waals surface area contributed by atoms with Crippen molar-refractivity contribution >= 4 is 15.9 Å². The minimum Gasteiger partial charge on any atom is -0.273 e. The quantitative estimate of drug-likeness (QED) is 0.847. The number of benzene rings is 1. The van der Waals surface area contributed by atoms with Gasteiger partial charge >= 0.3 is 0 Å². The maximum Gasteiger partial charge on any atom is 0.264 e. The van der Waals surface area contributed by atoms with Crippen LogP contribution in [0.5, 0.6) is 0 Å². The maximum atomic E-state index is 12.0. The van der Waals surface area contributed by atoms with Crippen LogP contribution in [0.4, 0.5) is 0 Å². The Morgan fingerprint density at radius 2 is 1.94 bits per heavy atom. The molecule has 1 atom stereocenters. The molecule has 0 bridgehead atoms. The highest BCUT2D eigenvalue weighted by molar-refractivity contribution is 7.90. The molecule has 0 heterocycles. The highest BCUT2D eigenvalue weighted by Crippen LogP contribution is 2.18. The fourth-order valence-electron chi connectivity index (χ4n) is 1.84. The number of sulfonamides is 1. The summed E-state index contributed by atoms with van der Waals surface area (Å²) in [4.78, 5) is 11.9. The molecule has 1 amide bonds. The molecular weight excluding hydrogens is 250 g/mol. The van der Waals surface area contributed by atoms with Gasteiger partial charge in [0.25, 0.3) is 10.0 Å². The molecule has 0 radical (unpaired) electrons. The van der Waals surface area contributed by atoms with Crippen LogP contribution in [0.25, 0.3) is 0 Å². The van der Waals surface area contributed by atoms with Gasteiger partial charge in [-0.1, -0.05) is 29.8 Å². The Kier molecular flexibility index (Phi) is 3.52. The van der Waals surface area contributed by atoms with E-state index in [2.05, 4.69) is 4.72 Å². The highest BCUT2D eigenvalue weighted by atomic mass is 32.2. The van der Waals surface area contributed by atoms with Crippen LogP contribution in [0.15, 0.2) is 41.3 Å². The van der Waals surface area contributed by atoms with Crippen LogP contribution < -0.4 is 4.72 Å². The van der Waals surface area contributed by atoms with Crippen molar-refractivity contribution in [3.05, 3.63) is 42.0 Å². The van der Waals surface area contributed by atoms with Crippen LogP contribution >= 0.6 is 0 Å². The third-order valence-electron chi connectivity index (χ3n) is 2.92. The smallest absolute Gasteiger partial charge is 0.264 e. The molecule has 1 unspecified atom stereocenters. The predicted molar refractivity (Wildman–Crippen MR) is 68.4 cm³/mol. The van der Waals surface area contributed by atoms with Crippen molar-refractivity contribution in [2.75, 3.05) is 0 Å². The summed E-state index contributed by atoms with van der Waals surface area (Å²) in [5, 5.41) is 0.